The van der Waals surface area contributed by atoms with E-state index in [1.165, 1.54) is 12.1 Å². The molecule has 6 heteroatoms. The highest BCUT2D eigenvalue weighted by atomic mass is 32.2. The minimum atomic E-state index is -4.28. The first-order chi connectivity index (χ1) is 10.6. The molecule has 0 N–H and O–H groups in total. The third kappa shape index (κ3) is 7.38. The fourth-order valence-electron chi connectivity index (χ4n) is 2.26. The van der Waals surface area contributed by atoms with E-state index in [4.69, 9.17) is 0 Å². The SMILES string of the molecule is CC(C)S(=O)(=O)CCCCCCCc1ccc(C(F)(F)F)cc1. The van der Waals surface area contributed by atoms with Gasteiger partial charge in [0, 0.05) is 0 Å². The highest BCUT2D eigenvalue weighted by Crippen LogP contribution is 2.29. The average Bonchev–Trinajstić information content (AvgIpc) is 2.45. The van der Waals surface area contributed by atoms with Gasteiger partial charge in [-0.05, 0) is 50.8 Å². The van der Waals surface area contributed by atoms with Gasteiger partial charge in [-0.25, -0.2) is 8.42 Å². The van der Waals surface area contributed by atoms with Gasteiger partial charge >= 0.3 is 6.18 Å². The molecular formula is C17H25F3O2S. The van der Waals surface area contributed by atoms with E-state index in [0.717, 1.165) is 49.8 Å². The summed E-state index contributed by atoms with van der Waals surface area (Å²) in [4.78, 5) is 0. The van der Waals surface area contributed by atoms with E-state index in [1.807, 2.05) is 0 Å². The van der Waals surface area contributed by atoms with Gasteiger partial charge in [0.2, 0.25) is 0 Å². The van der Waals surface area contributed by atoms with Crippen molar-refractivity contribution >= 4 is 9.84 Å². The summed E-state index contributed by atoms with van der Waals surface area (Å²) < 4.78 is 60.6. The molecule has 0 aliphatic rings. The summed E-state index contributed by atoms with van der Waals surface area (Å²) in [6.45, 7) is 3.39. The van der Waals surface area contributed by atoms with Crippen molar-refractivity contribution in [3.05, 3.63) is 35.4 Å². The zero-order valence-electron chi connectivity index (χ0n) is 13.7. The van der Waals surface area contributed by atoms with Crippen LogP contribution in [0.4, 0.5) is 13.2 Å². The molecule has 132 valence electrons. The number of hydrogen-bond donors (Lipinski definition) is 0. The van der Waals surface area contributed by atoms with E-state index >= 15 is 0 Å². The number of rotatable bonds is 9. The van der Waals surface area contributed by atoms with Crippen LogP contribution in [-0.2, 0) is 22.4 Å². The topological polar surface area (TPSA) is 34.1 Å². The van der Waals surface area contributed by atoms with Crippen LogP contribution in [0.25, 0.3) is 0 Å². The second kappa shape index (κ2) is 8.71. The Balaban J connectivity index is 2.18. The molecule has 2 nitrogen and oxygen atoms in total. The Kier molecular flexibility index (Phi) is 7.58. The number of hydrogen-bond acceptors (Lipinski definition) is 2. The van der Waals surface area contributed by atoms with Gasteiger partial charge in [0.1, 0.15) is 0 Å². The van der Waals surface area contributed by atoms with E-state index in [-0.39, 0.29) is 11.0 Å². The van der Waals surface area contributed by atoms with Crippen LogP contribution in [0.2, 0.25) is 0 Å². The highest BCUT2D eigenvalue weighted by molar-refractivity contribution is 7.91. The number of benzene rings is 1. The van der Waals surface area contributed by atoms with E-state index in [2.05, 4.69) is 0 Å². The zero-order valence-corrected chi connectivity index (χ0v) is 14.5. The molecule has 0 heterocycles. The van der Waals surface area contributed by atoms with Crippen LogP contribution in [0.15, 0.2) is 24.3 Å². The summed E-state index contributed by atoms with van der Waals surface area (Å²) in [7, 11) is -2.94. The van der Waals surface area contributed by atoms with Gasteiger partial charge in [-0.1, -0.05) is 31.4 Å². The quantitative estimate of drug-likeness (QED) is 0.586. The predicted molar refractivity (Wildman–Crippen MR) is 87.2 cm³/mol. The van der Waals surface area contributed by atoms with Crippen molar-refractivity contribution in [2.24, 2.45) is 0 Å². The third-order valence-electron chi connectivity index (χ3n) is 3.89. The molecule has 0 unspecified atom stereocenters. The molecule has 0 radical (unpaired) electrons. The largest absolute Gasteiger partial charge is 0.416 e. The molecule has 0 spiro atoms. The van der Waals surface area contributed by atoms with Crippen LogP contribution in [0.3, 0.4) is 0 Å². The van der Waals surface area contributed by atoms with Gasteiger partial charge < -0.3 is 0 Å². The lowest BCUT2D eigenvalue weighted by atomic mass is 10.0. The smallest absolute Gasteiger partial charge is 0.229 e. The van der Waals surface area contributed by atoms with Gasteiger partial charge in [-0.3, -0.25) is 0 Å². The fourth-order valence-corrected chi connectivity index (χ4v) is 3.34. The van der Waals surface area contributed by atoms with Crippen LogP contribution in [0.5, 0.6) is 0 Å². The minimum absolute atomic E-state index is 0.240. The number of aryl methyl sites for hydroxylation is 1. The van der Waals surface area contributed by atoms with Gasteiger partial charge in [0.25, 0.3) is 0 Å². The average molecular weight is 350 g/mol. The second-order valence-electron chi connectivity index (χ2n) is 6.13. The van der Waals surface area contributed by atoms with E-state index in [9.17, 15) is 21.6 Å². The van der Waals surface area contributed by atoms with Gasteiger partial charge in [-0.15, -0.1) is 0 Å². The lowest BCUT2D eigenvalue weighted by Gasteiger charge is -2.08. The molecule has 1 aromatic rings. The Morgan fingerprint density at radius 3 is 1.96 bits per heavy atom. The molecule has 0 amide bonds. The Morgan fingerprint density at radius 1 is 0.913 bits per heavy atom. The fraction of sp³-hybridized carbons (Fsp3) is 0.647. The van der Waals surface area contributed by atoms with E-state index in [0.29, 0.717) is 6.42 Å². The normalized spacial score (nSPS) is 12.8. The first-order valence-corrected chi connectivity index (χ1v) is 9.72. The lowest BCUT2D eigenvalue weighted by molar-refractivity contribution is -0.137. The second-order valence-corrected chi connectivity index (χ2v) is 8.80. The summed E-state index contributed by atoms with van der Waals surface area (Å²) in [5, 5.41) is -0.317. The molecule has 1 rings (SSSR count). The number of sulfone groups is 1. The first-order valence-electron chi connectivity index (χ1n) is 8.00. The van der Waals surface area contributed by atoms with Crippen molar-refractivity contribution in [1.82, 2.24) is 0 Å². The molecule has 0 aromatic heterocycles. The summed E-state index contributed by atoms with van der Waals surface area (Å²) in [5.74, 6) is 0.240. The van der Waals surface area contributed by atoms with E-state index in [1.54, 1.807) is 13.8 Å². The predicted octanol–water partition coefficient (Wildman–Crippen LogP) is 5.02. The summed E-state index contributed by atoms with van der Waals surface area (Å²) in [6.07, 6.45) is 0.844. The monoisotopic (exact) mass is 350 g/mol. The van der Waals surface area contributed by atoms with Crippen molar-refractivity contribution in [3.63, 3.8) is 0 Å². The van der Waals surface area contributed by atoms with Crippen molar-refractivity contribution in [1.29, 1.82) is 0 Å². The number of halogens is 3. The number of alkyl halides is 3. The molecule has 0 atom stereocenters. The van der Waals surface area contributed by atoms with Crippen molar-refractivity contribution in [2.75, 3.05) is 5.75 Å². The Hall–Kier alpha value is -1.04. The maximum absolute atomic E-state index is 12.4. The van der Waals surface area contributed by atoms with E-state index < -0.39 is 21.6 Å². The Bertz CT molecular complexity index is 560. The third-order valence-corrected chi connectivity index (χ3v) is 6.19. The maximum Gasteiger partial charge on any atom is 0.416 e. The Labute approximate surface area is 137 Å². The molecule has 0 saturated carbocycles. The standard InChI is InChI=1S/C17H25F3O2S/c1-14(2)23(21,22)13-7-5-3-4-6-8-15-9-11-16(12-10-15)17(18,19)20/h9-12,14H,3-8,13H2,1-2H3. The van der Waals surface area contributed by atoms with Crippen molar-refractivity contribution < 1.29 is 21.6 Å². The summed E-state index contributed by atoms with van der Waals surface area (Å²) in [5.41, 5.74) is 0.285. The minimum Gasteiger partial charge on any atom is -0.229 e. The molecule has 23 heavy (non-hydrogen) atoms. The highest BCUT2D eigenvalue weighted by Gasteiger charge is 2.29. The van der Waals surface area contributed by atoms with Crippen LogP contribution in [0.1, 0.15) is 57.1 Å². The maximum atomic E-state index is 12.4. The molecule has 1 aromatic carbocycles. The van der Waals surface area contributed by atoms with Crippen LogP contribution in [0, 0.1) is 0 Å². The molecule has 0 aliphatic carbocycles. The molecular weight excluding hydrogens is 325 g/mol. The molecule has 0 fully saturated rings. The van der Waals surface area contributed by atoms with Crippen LogP contribution in [-0.4, -0.2) is 19.4 Å². The summed E-state index contributed by atoms with van der Waals surface area (Å²) in [6, 6.07) is 5.29. The van der Waals surface area contributed by atoms with Crippen LogP contribution < -0.4 is 0 Å². The molecule has 0 bridgehead atoms. The molecule has 0 saturated heterocycles. The van der Waals surface area contributed by atoms with Gasteiger partial charge in [0.15, 0.2) is 9.84 Å². The van der Waals surface area contributed by atoms with Crippen LogP contribution >= 0.6 is 0 Å². The summed E-state index contributed by atoms with van der Waals surface area (Å²) >= 11 is 0. The van der Waals surface area contributed by atoms with Crippen molar-refractivity contribution in [3.8, 4) is 0 Å². The first kappa shape index (κ1) is 20.0. The Morgan fingerprint density at radius 2 is 1.43 bits per heavy atom. The van der Waals surface area contributed by atoms with Gasteiger partial charge in [0.05, 0.1) is 16.6 Å². The lowest BCUT2D eigenvalue weighted by Crippen LogP contribution is -2.17. The van der Waals surface area contributed by atoms with Crippen molar-refractivity contribution in [2.45, 2.75) is 63.8 Å². The molecule has 0 aliphatic heterocycles. The number of unbranched alkanes of at least 4 members (excludes halogenated alkanes) is 4. The zero-order chi connectivity index (χ0) is 17.5. The van der Waals surface area contributed by atoms with Gasteiger partial charge in [-0.2, -0.15) is 13.2 Å².